The fourth-order valence-electron chi connectivity index (χ4n) is 2.13. The number of rotatable bonds is 5. The van der Waals surface area contributed by atoms with Crippen LogP contribution in [0.25, 0.3) is 0 Å². The van der Waals surface area contributed by atoms with Crippen LogP contribution in [0.1, 0.15) is 5.56 Å². The average molecular weight is 342 g/mol. The third kappa shape index (κ3) is 3.94. The first-order valence-corrected chi connectivity index (χ1v) is 7.69. The average Bonchev–Trinajstić information content (AvgIpc) is 2.59. The lowest BCUT2D eigenvalue weighted by Crippen LogP contribution is -1.97. The molecular formula is C18H16ClN3O2. The van der Waals surface area contributed by atoms with Gasteiger partial charge in [0.05, 0.1) is 7.11 Å². The van der Waals surface area contributed by atoms with Crippen molar-refractivity contribution in [1.82, 2.24) is 9.97 Å². The van der Waals surface area contributed by atoms with Gasteiger partial charge in [-0.3, -0.25) is 0 Å². The molecule has 0 aliphatic carbocycles. The van der Waals surface area contributed by atoms with Crippen LogP contribution in [0.3, 0.4) is 0 Å². The van der Waals surface area contributed by atoms with Gasteiger partial charge in [0, 0.05) is 22.8 Å². The maximum atomic E-state index is 5.86. The molecule has 5 nitrogen and oxygen atoms in total. The summed E-state index contributed by atoms with van der Waals surface area (Å²) in [7, 11) is 1.65. The number of hydrogen-bond donors (Lipinski definition) is 1. The molecule has 6 heteroatoms. The van der Waals surface area contributed by atoms with Crippen molar-refractivity contribution in [3.8, 4) is 17.4 Å². The molecule has 2 aromatic carbocycles. The molecule has 0 saturated heterocycles. The summed E-state index contributed by atoms with van der Waals surface area (Å²) in [6.07, 6.45) is 1.44. The molecule has 1 aromatic heterocycles. The molecule has 0 aliphatic rings. The summed E-state index contributed by atoms with van der Waals surface area (Å²) in [6, 6.07) is 14.7. The molecule has 0 amide bonds. The van der Waals surface area contributed by atoms with Crippen molar-refractivity contribution >= 4 is 23.1 Å². The third-order valence-electron chi connectivity index (χ3n) is 3.36. The fraction of sp³-hybridized carbons (Fsp3) is 0.111. The maximum absolute atomic E-state index is 5.86. The van der Waals surface area contributed by atoms with E-state index in [1.807, 2.05) is 25.1 Å². The van der Waals surface area contributed by atoms with Crippen LogP contribution in [-0.2, 0) is 0 Å². The van der Waals surface area contributed by atoms with Crippen molar-refractivity contribution in [2.75, 3.05) is 12.4 Å². The summed E-state index contributed by atoms with van der Waals surface area (Å²) in [5.41, 5.74) is 1.94. The second kappa shape index (κ2) is 7.19. The highest BCUT2D eigenvalue weighted by molar-refractivity contribution is 6.30. The van der Waals surface area contributed by atoms with Gasteiger partial charge in [-0.25, -0.2) is 9.97 Å². The highest BCUT2D eigenvalue weighted by Gasteiger charge is 2.05. The Morgan fingerprint density at radius 1 is 1.00 bits per heavy atom. The number of nitrogens with one attached hydrogen (secondary N) is 1. The molecule has 1 heterocycles. The van der Waals surface area contributed by atoms with Crippen LogP contribution >= 0.6 is 11.6 Å². The Balaban J connectivity index is 1.76. The van der Waals surface area contributed by atoms with E-state index in [9.17, 15) is 0 Å². The molecule has 3 rings (SSSR count). The number of hydrogen-bond acceptors (Lipinski definition) is 5. The SMILES string of the molecule is COc1cc(Nc2cc(Oc3ccc(Cl)cc3)ncn2)ccc1C. The number of halogens is 1. The number of aryl methyl sites for hydroxylation is 1. The number of ether oxygens (including phenoxy) is 2. The summed E-state index contributed by atoms with van der Waals surface area (Å²) in [5.74, 6) is 2.53. The van der Waals surface area contributed by atoms with Crippen molar-refractivity contribution in [1.29, 1.82) is 0 Å². The van der Waals surface area contributed by atoms with Gasteiger partial charge in [-0.15, -0.1) is 0 Å². The lowest BCUT2D eigenvalue weighted by Gasteiger charge is -2.10. The van der Waals surface area contributed by atoms with E-state index in [0.717, 1.165) is 17.0 Å². The quantitative estimate of drug-likeness (QED) is 0.709. The summed E-state index contributed by atoms with van der Waals surface area (Å²) < 4.78 is 11.0. The molecule has 0 spiro atoms. The summed E-state index contributed by atoms with van der Waals surface area (Å²) in [6.45, 7) is 1.99. The highest BCUT2D eigenvalue weighted by atomic mass is 35.5. The smallest absolute Gasteiger partial charge is 0.224 e. The molecule has 1 N–H and O–H groups in total. The van der Waals surface area contributed by atoms with Gasteiger partial charge in [-0.1, -0.05) is 17.7 Å². The number of benzene rings is 2. The monoisotopic (exact) mass is 341 g/mol. The van der Waals surface area contributed by atoms with Crippen molar-refractivity contribution < 1.29 is 9.47 Å². The van der Waals surface area contributed by atoms with E-state index in [-0.39, 0.29) is 0 Å². The third-order valence-corrected chi connectivity index (χ3v) is 3.61. The predicted molar refractivity (Wildman–Crippen MR) is 94.6 cm³/mol. The van der Waals surface area contributed by atoms with Crippen molar-refractivity contribution in [3.63, 3.8) is 0 Å². The topological polar surface area (TPSA) is 56.3 Å². The van der Waals surface area contributed by atoms with Crippen LogP contribution in [0.15, 0.2) is 54.9 Å². The standard InChI is InChI=1S/C18H16ClN3O2/c1-12-3-6-14(9-16(12)23-2)22-17-10-18(21-11-20-17)24-15-7-4-13(19)5-8-15/h3-11H,1-2H3,(H,20,21,22). The fourth-order valence-corrected chi connectivity index (χ4v) is 2.26. The normalized spacial score (nSPS) is 10.3. The van der Waals surface area contributed by atoms with Crippen LogP contribution in [0, 0.1) is 6.92 Å². The molecule has 0 radical (unpaired) electrons. The molecule has 122 valence electrons. The summed E-state index contributed by atoms with van der Waals surface area (Å²) in [4.78, 5) is 8.32. The second-order valence-electron chi connectivity index (χ2n) is 5.11. The van der Waals surface area contributed by atoms with E-state index >= 15 is 0 Å². The first-order chi connectivity index (χ1) is 11.6. The zero-order chi connectivity index (χ0) is 16.9. The molecule has 0 saturated carbocycles. The molecule has 0 atom stereocenters. The van der Waals surface area contributed by atoms with Crippen LogP contribution in [-0.4, -0.2) is 17.1 Å². The first-order valence-electron chi connectivity index (χ1n) is 7.31. The molecule has 0 fully saturated rings. The molecule has 24 heavy (non-hydrogen) atoms. The van der Waals surface area contributed by atoms with E-state index in [0.29, 0.717) is 22.5 Å². The van der Waals surface area contributed by atoms with E-state index in [1.54, 1.807) is 37.4 Å². The van der Waals surface area contributed by atoms with Crippen molar-refractivity contribution in [2.45, 2.75) is 6.92 Å². The minimum atomic E-state index is 0.439. The summed E-state index contributed by atoms with van der Waals surface area (Å²) >= 11 is 5.86. The maximum Gasteiger partial charge on any atom is 0.224 e. The predicted octanol–water partition coefficient (Wildman–Crippen LogP) is 4.98. The molecule has 0 unspecified atom stereocenters. The molecule has 0 bridgehead atoms. The minimum Gasteiger partial charge on any atom is -0.496 e. The lowest BCUT2D eigenvalue weighted by molar-refractivity contribution is 0.412. The number of anilines is 2. The van der Waals surface area contributed by atoms with Gasteiger partial charge in [0.2, 0.25) is 5.88 Å². The number of methoxy groups -OCH3 is 1. The van der Waals surface area contributed by atoms with Gasteiger partial charge in [0.1, 0.15) is 23.6 Å². The second-order valence-corrected chi connectivity index (χ2v) is 5.54. The van der Waals surface area contributed by atoms with Gasteiger partial charge in [-0.05, 0) is 42.8 Å². The van der Waals surface area contributed by atoms with E-state index in [4.69, 9.17) is 21.1 Å². The molecular weight excluding hydrogens is 326 g/mol. The minimum absolute atomic E-state index is 0.439. The van der Waals surface area contributed by atoms with Crippen molar-refractivity contribution in [3.05, 3.63) is 65.4 Å². The van der Waals surface area contributed by atoms with Gasteiger partial charge in [-0.2, -0.15) is 0 Å². The van der Waals surface area contributed by atoms with Gasteiger partial charge >= 0.3 is 0 Å². The Bertz CT molecular complexity index is 838. The molecule has 3 aromatic rings. The Kier molecular flexibility index (Phi) is 4.82. The zero-order valence-corrected chi connectivity index (χ0v) is 14.0. The number of nitrogens with zero attached hydrogens (tertiary/aromatic N) is 2. The molecule has 0 aliphatic heterocycles. The summed E-state index contributed by atoms with van der Waals surface area (Å²) in [5, 5.41) is 3.86. The lowest BCUT2D eigenvalue weighted by atomic mass is 10.2. The van der Waals surface area contributed by atoms with Crippen LogP contribution < -0.4 is 14.8 Å². The van der Waals surface area contributed by atoms with Crippen molar-refractivity contribution in [2.24, 2.45) is 0 Å². The Morgan fingerprint density at radius 2 is 1.79 bits per heavy atom. The Hall–Kier alpha value is -2.79. The van der Waals surface area contributed by atoms with Gasteiger partial charge < -0.3 is 14.8 Å². The van der Waals surface area contributed by atoms with Crippen LogP contribution in [0.4, 0.5) is 11.5 Å². The van der Waals surface area contributed by atoms with Gasteiger partial charge in [0.15, 0.2) is 0 Å². The van der Waals surface area contributed by atoms with E-state index < -0.39 is 0 Å². The zero-order valence-electron chi connectivity index (χ0n) is 13.3. The first kappa shape index (κ1) is 16.1. The van der Waals surface area contributed by atoms with E-state index in [1.165, 1.54) is 6.33 Å². The van der Waals surface area contributed by atoms with Crippen LogP contribution in [0.5, 0.6) is 17.4 Å². The highest BCUT2D eigenvalue weighted by Crippen LogP contribution is 2.26. The number of aromatic nitrogens is 2. The van der Waals surface area contributed by atoms with Gasteiger partial charge in [0.25, 0.3) is 0 Å². The largest absolute Gasteiger partial charge is 0.496 e. The Morgan fingerprint density at radius 3 is 2.54 bits per heavy atom. The van der Waals surface area contributed by atoms with Crippen LogP contribution in [0.2, 0.25) is 5.02 Å². The Labute approximate surface area is 145 Å². The van der Waals surface area contributed by atoms with E-state index in [2.05, 4.69) is 15.3 Å².